The van der Waals surface area contributed by atoms with E-state index in [9.17, 15) is 4.79 Å². The summed E-state index contributed by atoms with van der Waals surface area (Å²) >= 11 is 5.53. The number of alkyl halides is 1. The smallest absolute Gasteiger partial charge is 0.132 e. The Morgan fingerprint density at radius 2 is 1.64 bits per heavy atom. The highest BCUT2D eigenvalue weighted by molar-refractivity contribution is 6.17. The molecule has 0 bridgehead atoms. The first kappa shape index (κ1) is 13.2. The summed E-state index contributed by atoms with van der Waals surface area (Å²) in [5, 5.41) is 0. The van der Waals surface area contributed by atoms with Gasteiger partial charge < -0.3 is 0 Å². The van der Waals surface area contributed by atoms with Crippen LogP contribution in [0.5, 0.6) is 0 Å². The number of halogens is 1. The molecule has 0 atom stereocenters. The molecule has 0 aliphatic heterocycles. The van der Waals surface area contributed by atoms with Crippen molar-refractivity contribution in [3.05, 3.63) is 35.9 Å². The topological polar surface area (TPSA) is 17.1 Å². The molecule has 1 nitrogen and oxygen atoms in total. The van der Waals surface area contributed by atoms with Crippen LogP contribution >= 0.6 is 11.6 Å². The molecule has 78 valence electrons. The van der Waals surface area contributed by atoms with Crippen LogP contribution < -0.4 is 0 Å². The van der Waals surface area contributed by atoms with Crippen molar-refractivity contribution in [2.75, 3.05) is 0 Å². The van der Waals surface area contributed by atoms with E-state index in [1.54, 1.807) is 0 Å². The summed E-state index contributed by atoms with van der Waals surface area (Å²) in [7, 11) is 0. The van der Waals surface area contributed by atoms with E-state index >= 15 is 0 Å². The minimum absolute atomic E-state index is 0.343. The quantitative estimate of drug-likeness (QED) is 0.697. The summed E-state index contributed by atoms with van der Waals surface area (Å²) in [6.45, 7) is 3.76. The highest BCUT2D eigenvalue weighted by Crippen LogP contribution is 2.00. The Hall–Kier alpha value is -0.820. The molecule has 0 aliphatic rings. The molecule has 0 radical (unpaired) electrons. The summed E-state index contributed by atoms with van der Waals surface area (Å²) in [6.07, 6.45) is 1.38. The minimum Gasteiger partial charge on any atom is -0.300 e. The van der Waals surface area contributed by atoms with Gasteiger partial charge in [-0.1, -0.05) is 44.2 Å². The maximum atomic E-state index is 10.2. The van der Waals surface area contributed by atoms with Crippen LogP contribution in [0.25, 0.3) is 0 Å². The largest absolute Gasteiger partial charge is 0.300 e. The third-order valence-corrected chi connectivity index (χ3v) is 2.09. The molecule has 14 heavy (non-hydrogen) atoms. The average molecular weight is 213 g/mol. The van der Waals surface area contributed by atoms with Crippen LogP contribution in [0.2, 0.25) is 0 Å². The summed E-state index contributed by atoms with van der Waals surface area (Å²) < 4.78 is 0. The van der Waals surface area contributed by atoms with Crippen LogP contribution in [0, 0.1) is 0 Å². The fraction of sp³-hybridized carbons (Fsp3) is 0.417. The number of ketones is 1. The number of benzene rings is 1. The van der Waals surface area contributed by atoms with Crippen molar-refractivity contribution in [3.63, 3.8) is 0 Å². The molecular formula is C12H17ClO. The van der Waals surface area contributed by atoms with Gasteiger partial charge in [-0.2, -0.15) is 0 Å². The summed E-state index contributed by atoms with van der Waals surface area (Å²) in [4.78, 5) is 10.2. The third kappa shape index (κ3) is 6.67. The number of hydrogen-bond acceptors (Lipinski definition) is 1. The van der Waals surface area contributed by atoms with Gasteiger partial charge >= 0.3 is 0 Å². The molecule has 0 N–H and O–H groups in total. The standard InChI is InChI=1S/C7H7Cl.C5H10O/c8-6-7-4-2-1-3-5-7;1-3-5(6)4-2/h1-5H,6H2;3-4H2,1-2H3. The zero-order valence-electron chi connectivity index (χ0n) is 8.79. The molecular weight excluding hydrogens is 196 g/mol. The molecule has 0 fully saturated rings. The second kappa shape index (κ2) is 8.76. The van der Waals surface area contributed by atoms with Crippen molar-refractivity contribution >= 4 is 17.4 Å². The molecule has 0 aliphatic carbocycles. The second-order valence-electron chi connectivity index (χ2n) is 2.87. The Morgan fingerprint density at radius 1 is 1.14 bits per heavy atom. The summed E-state index contributed by atoms with van der Waals surface area (Å²) in [6, 6.07) is 9.96. The van der Waals surface area contributed by atoms with Crippen LogP contribution in [0.1, 0.15) is 32.3 Å². The van der Waals surface area contributed by atoms with E-state index in [0.29, 0.717) is 24.5 Å². The van der Waals surface area contributed by atoms with E-state index < -0.39 is 0 Å². The van der Waals surface area contributed by atoms with Gasteiger partial charge in [-0.3, -0.25) is 4.79 Å². The lowest BCUT2D eigenvalue weighted by Crippen LogP contribution is -1.88. The molecule has 2 heteroatoms. The first-order valence-corrected chi connectivity index (χ1v) is 5.39. The molecule has 0 aromatic heterocycles. The summed E-state index contributed by atoms with van der Waals surface area (Å²) in [5.74, 6) is 0.955. The highest BCUT2D eigenvalue weighted by atomic mass is 35.5. The van der Waals surface area contributed by atoms with E-state index in [1.807, 2.05) is 44.2 Å². The van der Waals surface area contributed by atoms with Crippen LogP contribution in [0.15, 0.2) is 30.3 Å². The Morgan fingerprint density at radius 3 is 1.86 bits per heavy atom. The van der Waals surface area contributed by atoms with E-state index in [-0.39, 0.29) is 0 Å². The highest BCUT2D eigenvalue weighted by Gasteiger charge is 1.86. The van der Waals surface area contributed by atoms with Crippen LogP contribution in [-0.2, 0) is 10.7 Å². The number of carbonyl (C=O) groups is 1. The molecule has 1 rings (SSSR count). The molecule has 1 aromatic carbocycles. The lowest BCUT2D eigenvalue weighted by atomic mass is 10.2. The maximum Gasteiger partial charge on any atom is 0.132 e. The Balaban J connectivity index is 0.000000255. The Bertz CT molecular complexity index is 238. The molecule has 0 saturated carbocycles. The van der Waals surface area contributed by atoms with Crippen molar-refractivity contribution < 1.29 is 4.79 Å². The minimum atomic E-state index is 0.343. The van der Waals surface area contributed by atoms with Gasteiger partial charge in [-0.25, -0.2) is 0 Å². The SMILES string of the molecule is CCC(=O)CC.ClCc1ccccc1. The molecule has 0 spiro atoms. The fourth-order valence-electron chi connectivity index (χ4n) is 0.817. The van der Waals surface area contributed by atoms with E-state index in [1.165, 1.54) is 5.56 Å². The number of carbonyl (C=O) groups excluding carboxylic acids is 1. The van der Waals surface area contributed by atoms with Crippen molar-refractivity contribution in [1.29, 1.82) is 0 Å². The first-order valence-electron chi connectivity index (χ1n) is 4.86. The second-order valence-corrected chi connectivity index (χ2v) is 3.13. The lowest BCUT2D eigenvalue weighted by Gasteiger charge is -1.88. The predicted molar refractivity (Wildman–Crippen MR) is 61.6 cm³/mol. The normalized spacial score (nSPS) is 8.79. The van der Waals surface area contributed by atoms with Gasteiger partial charge in [-0.15, -0.1) is 11.6 Å². The van der Waals surface area contributed by atoms with Crippen LogP contribution in [-0.4, -0.2) is 5.78 Å². The van der Waals surface area contributed by atoms with Gasteiger partial charge in [0.05, 0.1) is 0 Å². The first-order chi connectivity index (χ1) is 6.74. The molecule has 0 amide bonds. The Kier molecular flexibility index (Phi) is 8.25. The van der Waals surface area contributed by atoms with Crippen LogP contribution in [0.4, 0.5) is 0 Å². The van der Waals surface area contributed by atoms with E-state index in [4.69, 9.17) is 11.6 Å². The van der Waals surface area contributed by atoms with Gasteiger partial charge in [0.25, 0.3) is 0 Å². The van der Waals surface area contributed by atoms with Gasteiger partial charge in [-0.05, 0) is 5.56 Å². The molecule has 1 aromatic rings. The molecule has 0 saturated heterocycles. The van der Waals surface area contributed by atoms with Crippen molar-refractivity contribution in [1.82, 2.24) is 0 Å². The maximum absolute atomic E-state index is 10.2. The fourth-order valence-corrected chi connectivity index (χ4v) is 0.995. The summed E-state index contributed by atoms with van der Waals surface area (Å²) in [5.41, 5.74) is 1.18. The van der Waals surface area contributed by atoms with Gasteiger partial charge in [0.1, 0.15) is 5.78 Å². The lowest BCUT2D eigenvalue weighted by molar-refractivity contribution is -0.118. The van der Waals surface area contributed by atoms with E-state index in [2.05, 4.69) is 0 Å². The van der Waals surface area contributed by atoms with E-state index in [0.717, 1.165) is 0 Å². The number of rotatable bonds is 3. The van der Waals surface area contributed by atoms with Gasteiger partial charge in [0.15, 0.2) is 0 Å². The van der Waals surface area contributed by atoms with Gasteiger partial charge in [0.2, 0.25) is 0 Å². The van der Waals surface area contributed by atoms with Crippen molar-refractivity contribution in [2.45, 2.75) is 32.6 Å². The van der Waals surface area contributed by atoms with Crippen molar-refractivity contribution in [3.8, 4) is 0 Å². The van der Waals surface area contributed by atoms with Crippen LogP contribution in [0.3, 0.4) is 0 Å². The van der Waals surface area contributed by atoms with Crippen molar-refractivity contribution in [2.24, 2.45) is 0 Å². The van der Waals surface area contributed by atoms with Gasteiger partial charge in [0, 0.05) is 18.7 Å². The zero-order chi connectivity index (χ0) is 10.8. The molecule has 0 heterocycles. The average Bonchev–Trinajstić information content (AvgIpc) is 2.30. The zero-order valence-corrected chi connectivity index (χ0v) is 9.55. The molecule has 0 unspecified atom stereocenters. The number of hydrogen-bond donors (Lipinski definition) is 0. The monoisotopic (exact) mass is 212 g/mol. The number of Topliss-reactive ketones (excluding diaryl/α,β-unsaturated/α-hetero) is 1. The predicted octanol–water partition coefficient (Wildman–Crippen LogP) is 3.80. The Labute approximate surface area is 91.1 Å². The third-order valence-electron chi connectivity index (χ3n) is 1.79.